The molecule has 0 amide bonds. The number of thiazole rings is 1. The first-order chi connectivity index (χ1) is 7.81. The van der Waals surface area contributed by atoms with Gasteiger partial charge in [0, 0.05) is 5.38 Å². The molecule has 0 aliphatic rings. The van der Waals surface area contributed by atoms with E-state index in [4.69, 9.17) is 4.74 Å². The molecule has 0 aliphatic heterocycles. The van der Waals surface area contributed by atoms with Gasteiger partial charge in [-0.05, 0) is 19.1 Å². The van der Waals surface area contributed by atoms with Crippen LogP contribution < -0.4 is 10.1 Å². The Bertz CT molecular complexity index is 442. The van der Waals surface area contributed by atoms with Crippen LogP contribution >= 0.6 is 11.3 Å². The van der Waals surface area contributed by atoms with Crippen LogP contribution in [0.25, 0.3) is 0 Å². The smallest absolute Gasteiger partial charge is 0.141 e. The summed E-state index contributed by atoms with van der Waals surface area (Å²) in [7, 11) is 1.67. The zero-order valence-electron chi connectivity index (χ0n) is 9.31. The largest absolute Gasteiger partial charge is 0.495 e. The van der Waals surface area contributed by atoms with Crippen LogP contribution in [-0.4, -0.2) is 12.1 Å². The highest BCUT2D eigenvalue weighted by atomic mass is 32.1. The topological polar surface area (TPSA) is 34.1 Å². The molecule has 16 heavy (non-hydrogen) atoms. The minimum Gasteiger partial charge on any atom is -0.495 e. The van der Waals surface area contributed by atoms with E-state index in [2.05, 4.69) is 17.2 Å². The van der Waals surface area contributed by atoms with Gasteiger partial charge in [0.1, 0.15) is 5.75 Å². The van der Waals surface area contributed by atoms with Gasteiger partial charge in [-0.15, -0.1) is 11.3 Å². The van der Waals surface area contributed by atoms with Crippen molar-refractivity contribution in [3.63, 3.8) is 0 Å². The lowest BCUT2D eigenvalue weighted by Crippen LogP contribution is -2.07. The third kappa shape index (κ3) is 2.33. The second kappa shape index (κ2) is 4.99. The highest BCUT2D eigenvalue weighted by molar-refractivity contribution is 7.07. The van der Waals surface area contributed by atoms with E-state index in [1.54, 1.807) is 18.4 Å². The molecule has 1 aromatic carbocycles. The molecule has 84 valence electrons. The number of methoxy groups -OCH3 is 1. The maximum atomic E-state index is 5.28. The van der Waals surface area contributed by atoms with E-state index in [0.29, 0.717) is 0 Å². The number of para-hydroxylation sites is 2. The highest BCUT2D eigenvalue weighted by Gasteiger charge is 2.09. The molecule has 0 saturated carbocycles. The third-order valence-corrected chi connectivity index (χ3v) is 2.98. The summed E-state index contributed by atoms with van der Waals surface area (Å²) < 4.78 is 5.28. The van der Waals surface area contributed by atoms with Gasteiger partial charge in [0.15, 0.2) is 0 Å². The predicted molar refractivity (Wildman–Crippen MR) is 67.1 cm³/mol. The van der Waals surface area contributed by atoms with Crippen molar-refractivity contribution in [2.75, 3.05) is 12.4 Å². The summed E-state index contributed by atoms with van der Waals surface area (Å²) in [6.07, 6.45) is 0. The molecule has 4 heteroatoms. The number of ether oxygens (including phenoxy) is 1. The van der Waals surface area contributed by atoms with E-state index >= 15 is 0 Å². The molecule has 1 unspecified atom stereocenters. The predicted octanol–water partition coefficient (Wildman–Crippen LogP) is 3.32. The number of nitrogens with one attached hydrogen (secondary N) is 1. The molecule has 0 radical (unpaired) electrons. The summed E-state index contributed by atoms with van der Waals surface area (Å²) in [4.78, 5) is 4.28. The molecule has 1 aromatic heterocycles. The van der Waals surface area contributed by atoms with Crippen LogP contribution in [0.5, 0.6) is 5.75 Å². The Labute approximate surface area is 99.1 Å². The molecule has 2 rings (SSSR count). The summed E-state index contributed by atoms with van der Waals surface area (Å²) in [6.45, 7) is 2.08. The molecular weight excluding hydrogens is 220 g/mol. The quantitative estimate of drug-likeness (QED) is 0.881. The molecule has 2 aromatic rings. The monoisotopic (exact) mass is 234 g/mol. The highest BCUT2D eigenvalue weighted by Crippen LogP contribution is 2.27. The lowest BCUT2D eigenvalue weighted by Gasteiger charge is -2.15. The molecule has 1 N–H and O–H groups in total. The lowest BCUT2D eigenvalue weighted by atomic mass is 10.2. The minimum absolute atomic E-state index is 0.183. The van der Waals surface area contributed by atoms with Gasteiger partial charge in [0.25, 0.3) is 0 Å². The Hall–Kier alpha value is -1.55. The van der Waals surface area contributed by atoms with Gasteiger partial charge in [-0.25, -0.2) is 4.98 Å². The Kier molecular flexibility index (Phi) is 3.41. The second-order valence-corrected chi connectivity index (χ2v) is 4.20. The maximum absolute atomic E-state index is 5.28. The Balaban J connectivity index is 2.14. The lowest BCUT2D eigenvalue weighted by molar-refractivity contribution is 0.416. The van der Waals surface area contributed by atoms with Crippen LogP contribution in [0, 0.1) is 0 Å². The summed E-state index contributed by atoms with van der Waals surface area (Å²) in [6, 6.07) is 8.07. The average molecular weight is 234 g/mol. The average Bonchev–Trinajstić information content (AvgIpc) is 2.83. The van der Waals surface area contributed by atoms with Crippen molar-refractivity contribution in [3.8, 4) is 5.75 Å². The summed E-state index contributed by atoms with van der Waals surface area (Å²) in [5, 5.41) is 5.43. The van der Waals surface area contributed by atoms with Gasteiger partial charge in [-0.1, -0.05) is 12.1 Å². The van der Waals surface area contributed by atoms with Gasteiger partial charge in [-0.3, -0.25) is 0 Å². The fourth-order valence-electron chi connectivity index (χ4n) is 1.51. The Morgan fingerprint density at radius 3 is 2.88 bits per heavy atom. The van der Waals surface area contributed by atoms with Crippen LogP contribution in [-0.2, 0) is 0 Å². The van der Waals surface area contributed by atoms with Crippen LogP contribution in [0.3, 0.4) is 0 Å². The van der Waals surface area contributed by atoms with Gasteiger partial charge < -0.3 is 10.1 Å². The maximum Gasteiger partial charge on any atom is 0.141 e. The molecule has 0 fully saturated rings. The van der Waals surface area contributed by atoms with Crippen molar-refractivity contribution < 1.29 is 4.74 Å². The summed E-state index contributed by atoms with van der Waals surface area (Å²) in [5.41, 5.74) is 3.89. The van der Waals surface area contributed by atoms with Crippen LogP contribution in [0.15, 0.2) is 35.2 Å². The van der Waals surface area contributed by atoms with Crippen molar-refractivity contribution in [1.29, 1.82) is 0 Å². The van der Waals surface area contributed by atoms with Crippen LogP contribution in [0.2, 0.25) is 0 Å². The number of hydrogen-bond donors (Lipinski definition) is 1. The second-order valence-electron chi connectivity index (χ2n) is 3.48. The van der Waals surface area contributed by atoms with E-state index in [1.807, 2.05) is 35.2 Å². The van der Waals surface area contributed by atoms with E-state index in [9.17, 15) is 0 Å². The van der Waals surface area contributed by atoms with Crippen molar-refractivity contribution in [2.24, 2.45) is 0 Å². The molecule has 0 saturated heterocycles. The number of benzene rings is 1. The number of hydrogen-bond acceptors (Lipinski definition) is 4. The SMILES string of the molecule is COc1ccccc1NC(C)c1cscn1. The van der Waals surface area contributed by atoms with Crippen molar-refractivity contribution in [1.82, 2.24) is 4.98 Å². The van der Waals surface area contributed by atoms with Gasteiger partial charge in [0.2, 0.25) is 0 Å². The molecule has 1 atom stereocenters. The number of nitrogens with zero attached hydrogens (tertiary/aromatic N) is 1. The van der Waals surface area contributed by atoms with E-state index in [0.717, 1.165) is 17.1 Å². The molecule has 3 nitrogen and oxygen atoms in total. The van der Waals surface area contributed by atoms with E-state index < -0.39 is 0 Å². The molecule has 0 bridgehead atoms. The molecular formula is C12H14N2OS. The zero-order chi connectivity index (χ0) is 11.4. The summed E-state index contributed by atoms with van der Waals surface area (Å²) >= 11 is 1.61. The third-order valence-electron chi connectivity index (χ3n) is 2.37. The van der Waals surface area contributed by atoms with Crippen molar-refractivity contribution in [2.45, 2.75) is 13.0 Å². The summed E-state index contributed by atoms with van der Waals surface area (Å²) in [5.74, 6) is 0.851. The van der Waals surface area contributed by atoms with Crippen molar-refractivity contribution in [3.05, 3.63) is 40.8 Å². The minimum atomic E-state index is 0.183. The van der Waals surface area contributed by atoms with Crippen molar-refractivity contribution >= 4 is 17.0 Å². The fourth-order valence-corrected chi connectivity index (χ4v) is 2.15. The number of anilines is 1. The first-order valence-electron chi connectivity index (χ1n) is 5.09. The number of rotatable bonds is 4. The van der Waals surface area contributed by atoms with Gasteiger partial charge in [-0.2, -0.15) is 0 Å². The number of aromatic nitrogens is 1. The molecule has 0 spiro atoms. The Morgan fingerprint density at radius 2 is 2.19 bits per heavy atom. The van der Waals surface area contributed by atoms with Crippen LogP contribution in [0.1, 0.15) is 18.7 Å². The first-order valence-corrected chi connectivity index (χ1v) is 6.03. The zero-order valence-corrected chi connectivity index (χ0v) is 10.1. The van der Waals surface area contributed by atoms with Gasteiger partial charge in [0.05, 0.1) is 30.0 Å². The van der Waals surface area contributed by atoms with Crippen LogP contribution in [0.4, 0.5) is 5.69 Å². The Morgan fingerprint density at radius 1 is 1.38 bits per heavy atom. The first kappa shape index (κ1) is 11.0. The van der Waals surface area contributed by atoms with E-state index in [-0.39, 0.29) is 6.04 Å². The van der Waals surface area contributed by atoms with E-state index in [1.165, 1.54) is 0 Å². The fraction of sp³-hybridized carbons (Fsp3) is 0.250. The molecule has 1 heterocycles. The normalized spacial score (nSPS) is 12.1. The molecule has 0 aliphatic carbocycles. The standard InChI is InChI=1S/C12H14N2OS/c1-9(11-7-16-8-13-11)14-10-5-3-4-6-12(10)15-2/h3-9,14H,1-2H3. The van der Waals surface area contributed by atoms with Gasteiger partial charge >= 0.3 is 0 Å².